The third-order valence-corrected chi connectivity index (χ3v) is 3.69. The van der Waals surface area contributed by atoms with Crippen LogP contribution in [-0.4, -0.2) is 28.7 Å². The maximum absolute atomic E-state index is 12.4. The number of benzene rings is 1. The summed E-state index contributed by atoms with van der Waals surface area (Å²) in [6.45, 7) is 5.29. The molecule has 1 heterocycles. The molecule has 0 saturated heterocycles. The van der Waals surface area contributed by atoms with Crippen LogP contribution < -0.4 is 16.0 Å². The Morgan fingerprint density at radius 1 is 1.00 bits per heavy atom. The molecule has 2 rings (SSSR count). The second kappa shape index (κ2) is 8.75. The molecule has 0 saturated carbocycles. The van der Waals surface area contributed by atoms with Gasteiger partial charge < -0.3 is 16.0 Å². The van der Waals surface area contributed by atoms with Crippen molar-refractivity contribution < 1.29 is 14.4 Å². The zero-order valence-electron chi connectivity index (χ0n) is 15.0. The summed E-state index contributed by atoms with van der Waals surface area (Å²) in [5.74, 6) is -0.859. The number of hydrogen-bond donors (Lipinski definition) is 3. The van der Waals surface area contributed by atoms with Gasteiger partial charge in [0.15, 0.2) is 0 Å². The Bertz CT molecular complexity index is 820. The summed E-state index contributed by atoms with van der Waals surface area (Å²) in [7, 11) is 0. The van der Waals surface area contributed by atoms with Gasteiger partial charge in [-0.2, -0.15) is 0 Å². The van der Waals surface area contributed by atoms with Gasteiger partial charge in [0, 0.05) is 36.7 Å². The van der Waals surface area contributed by atoms with Gasteiger partial charge in [0.25, 0.3) is 11.8 Å². The van der Waals surface area contributed by atoms with E-state index in [1.807, 2.05) is 13.8 Å². The number of carbonyl (C=O) groups is 3. The lowest BCUT2D eigenvalue weighted by molar-refractivity contribution is -0.114. The fraction of sp³-hybridized carbons (Fsp3) is 0.263. The minimum atomic E-state index is -0.393. The van der Waals surface area contributed by atoms with Crippen LogP contribution in [0.1, 0.15) is 47.9 Å². The number of pyridine rings is 1. The Labute approximate surface area is 152 Å². The molecule has 1 atom stereocenters. The predicted octanol–water partition coefficient (Wildman–Crippen LogP) is 2.82. The number of rotatable bonds is 6. The highest BCUT2D eigenvalue weighted by Crippen LogP contribution is 2.16. The zero-order chi connectivity index (χ0) is 19.1. The highest BCUT2D eigenvalue weighted by atomic mass is 16.2. The summed E-state index contributed by atoms with van der Waals surface area (Å²) in [6.07, 6.45) is 3.63. The van der Waals surface area contributed by atoms with Crippen LogP contribution in [0, 0.1) is 0 Å². The van der Waals surface area contributed by atoms with Crippen LogP contribution in [0.2, 0.25) is 0 Å². The Kier molecular flexibility index (Phi) is 6.43. The Morgan fingerprint density at radius 3 is 2.23 bits per heavy atom. The molecule has 136 valence electrons. The Balaban J connectivity index is 2.11. The minimum absolute atomic E-state index is 0.0384. The number of aromatic nitrogens is 1. The molecule has 0 radical (unpaired) electrons. The molecule has 3 N–H and O–H groups in total. The topological polar surface area (TPSA) is 100 Å². The number of anilines is 2. The van der Waals surface area contributed by atoms with Crippen LogP contribution in [-0.2, 0) is 4.79 Å². The first-order valence-corrected chi connectivity index (χ1v) is 8.34. The van der Waals surface area contributed by atoms with Crippen molar-refractivity contribution in [3.05, 3.63) is 53.9 Å². The first-order chi connectivity index (χ1) is 12.4. The van der Waals surface area contributed by atoms with Gasteiger partial charge in [-0.3, -0.25) is 19.4 Å². The molecule has 0 fully saturated rings. The SMILES string of the molecule is CCC(C)NC(=O)c1cncc(C(=O)Nc2cccc(NC(C)=O)c2)c1. The average Bonchev–Trinajstić information content (AvgIpc) is 2.61. The fourth-order valence-corrected chi connectivity index (χ4v) is 2.18. The number of amides is 3. The van der Waals surface area contributed by atoms with Gasteiger partial charge >= 0.3 is 0 Å². The monoisotopic (exact) mass is 354 g/mol. The lowest BCUT2D eigenvalue weighted by Crippen LogP contribution is -2.32. The lowest BCUT2D eigenvalue weighted by Gasteiger charge is -2.12. The molecular formula is C19H22N4O3. The van der Waals surface area contributed by atoms with Gasteiger partial charge in [0.1, 0.15) is 0 Å². The molecule has 0 aliphatic heterocycles. The molecule has 1 unspecified atom stereocenters. The molecule has 7 heteroatoms. The summed E-state index contributed by atoms with van der Waals surface area (Å²) in [5, 5.41) is 8.21. The van der Waals surface area contributed by atoms with Crippen molar-refractivity contribution in [3.63, 3.8) is 0 Å². The van der Waals surface area contributed by atoms with Crippen molar-refractivity contribution >= 4 is 29.1 Å². The van der Waals surface area contributed by atoms with E-state index in [2.05, 4.69) is 20.9 Å². The summed E-state index contributed by atoms with van der Waals surface area (Å²) < 4.78 is 0. The van der Waals surface area contributed by atoms with Crippen molar-refractivity contribution in [1.29, 1.82) is 0 Å². The van der Waals surface area contributed by atoms with E-state index in [-0.39, 0.29) is 23.4 Å². The molecule has 1 aromatic carbocycles. The third-order valence-electron chi connectivity index (χ3n) is 3.69. The van der Waals surface area contributed by atoms with Crippen molar-refractivity contribution in [3.8, 4) is 0 Å². The minimum Gasteiger partial charge on any atom is -0.350 e. The van der Waals surface area contributed by atoms with E-state index in [0.717, 1.165) is 6.42 Å². The van der Waals surface area contributed by atoms with Crippen LogP contribution in [0.5, 0.6) is 0 Å². The van der Waals surface area contributed by atoms with E-state index in [9.17, 15) is 14.4 Å². The molecular weight excluding hydrogens is 332 g/mol. The fourth-order valence-electron chi connectivity index (χ4n) is 2.18. The highest BCUT2D eigenvalue weighted by molar-refractivity contribution is 6.06. The molecule has 0 aliphatic carbocycles. The molecule has 0 bridgehead atoms. The third kappa shape index (κ3) is 5.41. The van der Waals surface area contributed by atoms with Crippen molar-refractivity contribution in [2.24, 2.45) is 0 Å². The maximum atomic E-state index is 12.4. The van der Waals surface area contributed by atoms with Crippen LogP contribution in [0.25, 0.3) is 0 Å². The zero-order valence-corrected chi connectivity index (χ0v) is 15.0. The highest BCUT2D eigenvalue weighted by Gasteiger charge is 2.13. The molecule has 3 amide bonds. The standard InChI is InChI=1S/C19H22N4O3/c1-4-12(2)21-18(25)14-8-15(11-20-10-14)19(26)23-17-7-5-6-16(9-17)22-13(3)24/h5-12H,4H2,1-3H3,(H,21,25)(H,22,24)(H,23,26). The average molecular weight is 354 g/mol. The first-order valence-electron chi connectivity index (χ1n) is 8.34. The van der Waals surface area contributed by atoms with Crippen molar-refractivity contribution in [2.45, 2.75) is 33.2 Å². The molecule has 0 aliphatic rings. The maximum Gasteiger partial charge on any atom is 0.257 e. The Hall–Kier alpha value is -3.22. The second-order valence-corrected chi connectivity index (χ2v) is 5.96. The Morgan fingerprint density at radius 2 is 1.62 bits per heavy atom. The van der Waals surface area contributed by atoms with Crippen LogP contribution >= 0.6 is 0 Å². The van der Waals surface area contributed by atoms with Crippen molar-refractivity contribution in [1.82, 2.24) is 10.3 Å². The molecule has 0 spiro atoms. The molecule has 7 nitrogen and oxygen atoms in total. The van der Waals surface area contributed by atoms with Gasteiger partial charge in [0.05, 0.1) is 11.1 Å². The van der Waals surface area contributed by atoms with Gasteiger partial charge in [-0.15, -0.1) is 0 Å². The largest absolute Gasteiger partial charge is 0.350 e. The van der Waals surface area contributed by atoms with E-state index in [4.69, 9.17) is 0 Å². The van der Waals surface area contributed by atoms with Crippen LogP contribution in [0.3, 0.4) is 0 Å². The quantitative estimate of drug-likeness (QED) is 0.742. The van der Waals surface area contributed by atoms with E-state index in [1.165, 1.54) is 25.4 Å². The second-order valence-electron chi connectivity index (χ2n) is 5.96. The van der Waals surface area contributed by atoms with Gasteiger partial charge in [-0.05, 0) is 37.6 Å². The van der Waals surface area contributed by atoms with E-state index in [1.54, 1.807) is 24.3 Å². The summed E-state index contributed by atoms with van der Waals surface area (Å²) >= 11 is 0. The normalized spacial score (nSPS) is 11.3. The summed E-state index contributed by atoms with van der Waals surface area (Å²) in [6, 6.07) is 8.32. The molecule has 1 aromatic heterocycles. The van der Waals surface area contributed by atoms with Crippen LogP contribution in [0.4, 0.5) is 11.4 Å². The lowest BCUT2D eigenvalue weighted by atomic mass is 10.1. The number of nitrogens with zero attached hydrogens (tertiary/aromatic N) is 1. The first kappa shape index (κ1) is 19.1. The predicted molar refractivity (Wildman–Crippen MR) is 100 cm³/mol. The number of hydrogen-bond acceptors (Lipinski definition) is 4. The van der Waals surface area contributed by atoms with Gasteiger partial charge in [-0.1, -0.05) is 13.0 Å². The molecule has 2 aromatic rings. The van der Waals surface area contributed by atoms with Gasteiger partial charge in [0.2, 0.25) is 5.91 Å². The smallest absolute Gasteiger partial charge is 0.257 e. The van der Waals surface area contributed by atoms with Crippen LogP contribution in [0.15, 0.2) is 42.7 Å². The van der Waals surface area contributed by atoms with Crippen molar-refractivity contribution in [2.75, 3.05) is 10.6 Å². The number of carbonyl (C=O) groups excluding carboxylic acids is 3. The van der Waals surface area contributed by atoms with E-state index >= 15 is 0 Å². The summed E-state index contributed by atoms with van der Waals surface area (Å²) in [5.41, 5.74) is 1.70. The number of nitrogens with one attached hydrogen (secondary N) is 3. The van der Waals surface area contributed by atoms with E-state index < -0.39 is 5.91 Å². The molecule has 26 heavy (non-hydrogen) atoms. The summed E-state index contributed by atoms with van der Waals surface area (Å²) in [4.78, 5) is 39.7. The van der Waals surface area contributed by atoms with Gasteiger partial charge in [-0.25, -0.2) is 0 Å². The van der Waals surface area contributed by atoms with E-state index in [0.29, 0.717) is 16.9 Å².